The number of halogens is 1. The number of nitrogens with zero attached hydrogens (tertiary/aromatic N) is 3. The van der Waals surface area contributed by atoms with Crippen molar-refractivity contribution in [3.05, 3.63) is 47.9 Å². The molecular weight excluding hydrogens is 459 g/mol. The largest absolute Gasteiger partial charge is 0.486 e. The zero-order chi connectivity index (χ0) is 24.4. The van der Waals surface area contributed by atoms with Gasteiger partial charge in [-0.15, -0.1) is 0 Å². The van der Waals surface area contributed by atoms with Crippen LogP contribution in [0.1, 0.15) is 12.0 Å². The van der Waals surface area contributed by atoms with Crippen LogP contribution in [0.3, 0.4) is 0 Å². The first kappa shape index (κ1) is 23.1. The number of fused-ring (bicyclic) bond motifs is 2. The Kier molecular flexibility index (Phi) is 6.51. The highest BCUT2D eigenvalue weighted by molar-refractivity contribution is 5.90. The number of aromatic nitrogens is 2. The number of nitrogens with one attached hydrogen (secondary N) is 1. The summed E-state index contributed by atoms with van der Waals surface area (Å²) >= 11 is 0. The summed E-state index contributed by atoms with van der Waals surface area (Å²) in [5.74, 6) is 1.08. The number of aliphatic hydroxyl groups excluding tert-OH is 1. The Morgan fingerprint density at radius 2 is 2.09 bits per heavy atom. The molecule has 1 amide bonds. The Hall–Kier alpha value is -3.70. The highest BCUT2D eigenvalue weighted by Crippen LogP contribution is 2.35. The van der Waals surface area contributed by atoms with E-state index >= 15 is 0 Å². The molecular formula is C24H25FN4O6. The molecule has 10 nitrogen and oxygen atoms in total. The molecule has 4 heterocycles. The molecule has 184 valence electrons. The molecule has 0 spiro atoms. The highest BCUT2D eigenvalue weighted by atomic mass is 19.1. The molecule has 2 atom stereocenters. The Balaban J connectivity index is 1.17. The molecule has 2 aromatic heterocycles. The standard InChI is InChI=1S/C24H25FN4O6/c1-32-22-5-3-17-23(28-22)15(16(25)12-27-17)11-26-7-6-18(30)21-13-29(24(31)35-21)14-2-4-19-20(10-14)34-9-8-33-19/h2-5,10,12,18,21,26,30H,6-9,11,13H2,1H3/t18-,21?/m1/s1. The molecule has 1 unspecified atom stereocenters. The molecule has 11 heteroatoms. The Labute approximate surface area is 200 Å². The third kappa shape index (κ3) is 4.77. The second kappa shape index (κ2) is 9.88. The molecule has 3 aromatic rings. The molecule has 2 aliphatic rings. The van der Waals surface area contributed by atoms with Crippen LogP contribution >= 0.6 is 0 Å². The lowest BCUT2D eigenvalue weighted by Crippen LogP contribution is -2.33. The Bertz CT molecular complexity index is 1240. The molecule has 1 aromatic carbocycles. The van der Waals surface area contributed by atoms with E-state index in [0.717, 1.165) is 6.20 Å². The van der Waals surface area contributed by atoms with Gasteiger partial charge in [0.1, 0.15) is 30.7 Å². The Morgan fingerprint density at radius 1 is 1.26 bits per heavy atom. The maximum atomic E-state index is 14.4. The number of hydrogen-bond donors (Lipinski definition) is 2. The van der Waals surface area contributed by atoms with Gasteiger partial charge in [-0.3, -0.25) is 9.88 Å². The van der Waals surface area contributed by atoms with Crippen molar-refractivity contribution in [1.29, 1.82) is 0 Å². The van der Waals surface area contributed by atoms with Crippen molar-refractivity contribution < 1.29 is 33.2 Å². The number of ether oxygens (including phenoxy) is 4. The van der Waals surface area contributed by atoms with Gasteiger partial charge in [0.05, 0.1) is 37.2 Å². The lowest BCUT2D eigenvalue weighted by molar-refractivity contribution is 0.0282. The minimum absolute atomic E-state index is 0.186. The smallest absolute Gasteiger partial charge is 0.414 e. The number of benzene rings is 1. The van der Waals surface area contributed by atoms with Crippen molar-refractivity contribution in [2.45, 2.75) is 25.2 Å². The van der Waals surface area contributed by atoms with Gasteiger partial charge in [-0.25, -0.2) is 14.2 Å². The lowest BCUT2D eigenvalue weighted by Gasteiger charge is -2.21. The van der Waals surface area contributed by atoms with Gasteiger partial charge in [0, 0.05) is 24.2 Å². The molecule has 1 saturated heterocycles. The van der Waals surface area contributed by atoms with E-state index < -0.39 is 24.1 Å². The quantitative estimate of drug-likeness (QED) is 0.465. The van der Waals surface area contributed by atoms with E-state index in [4.69, 9.17) is 18.9 Å². The van der Waals surface area contributed by atoms with Crippen LogP contribution in [0.15, 0.2) is 36.5 Å². The monoisotopic (exact) mass is 484 g/mol. The van der Waals surface area contributed by atoms with Gasteiger partial charge in [-0.1, -0.05) is 0 Å². The summed E-state index contributed by atoms with van der Waals surface area (Å²) in [4.78, 5) is 22.3. The predicted octanol–water partition coefficient (Wildman–Crippen LogP) is 2.41. The van der Waals surface area contributed by atoms with Crippen molar-refractivity contribution in [1.82, 2.24) is 15.3 Å². The van der Waals surface area contributed by atoms with Gasteiger partial charge in [0.15, 0.2) is 11.5 Å². The molecule has 0 bridgehead atoms. The van der Waals surface area contributed by atoms with Crippen LogP contribution in [0.5, 0.6) is 17.4 Å². The summed E-state index contributed by atoms with van der Waals surface area (Å²) in [6.45, 7) is 1.68. The summed E-state index contributed by atoms with van der Waals surface area (Å²) in [6, 6.07) is 8.61. The van der Waals surface area contributed by atoms with E-state index in [-0.39, 0.29) is 13.1 Å². The highest BCUT2D eigenvalue weighted by Gasteiger charge is 2.37. The van der Waals surface area contributed by atoms with Gasteiger partial charge in [0.25, 0.3) is 0 Å². The molecule has 0 radical (unpaired) electrons. The molecule has 35 heavy (non-hydrogen) atoms. The molecule has 5 rings (SSSR count). The summed E-state index contributed by atoms with van der Waals surface area (Å²) in [5, 5.41) is 13.7. The fraction of sp³-hybridized carbons (Fsp3) is 0.375. The molecule has 2 aliphatic heterocycles. The van der Waals surface area contributed by atoms with E-state index in [9.17, 15) is 14.3 Å². The molecule has 2 N–H and O–H groups in total. The number of anilines is 1. The summed E-state index contributed by atoms with van der Waals surface area (Å²) in [7, 11) is 1.49. The summed E-state index contributed by atoms with van der Waals surface area (Å²) in [5.41, 5.74) is 1.94. The van der Waals surface area contributed by atoms with Crippen molar-refractivity contribution in [3.63, 3.8) is 0 Å². The fourth-order valence-electron chi connectivity index (χ4n) is 4.10. The molecule has 0 aliphatic carbocycles. The SMILES string of the molecule is COc1ccc2ncc(F)c(CNCC[C@@H](O)C3CN(c4ccc5c(c4)OCCO5)C(=O)O3)c2n1. The predicted molar refractivity (Wildman–Crippen MR) is 123 cm³/mol. The third-order valence-corrected chi connectivity index (χ3v) is 5.97. The van der Waals surface area contributed by atoms with E-state index in [0.29, 0.717) is 65.8 Å². The van der Waals surface area contributed by atoms with Gasteiger partial charge in [-0.05, 0) is 31.2 Å². The molecule has 1 fully saturated rings. The number of methoxy groups -OCH3 is 1. The normalized spacial score (nSPS) is 18.0. The van der Waals surface area contributed by atoms with Crippen LogP contribution in [0.25, 0.3) is 11.0 Å². The minimum Gasteiger partial charge on any atom is -0.486 e. The topological polar surface area (TPSA) is 115 Å². The maximum Gasteiger partial charge on any atom is 0.414 e. The number of rotatable bonds is 8. The maximum absolute atomic E-state index is 14.4. The van der Waals surface area contributed by atoms with Gasteiger partial charge >= 0.3 is 6.09 Å². The van der Waals surface area contributed by atoms with Gasteiger partial charge in [0.2, 0.25) is 5.88 Å². The van der Waals surface area contributed by atoms with Crippen molar-refractivity contribution >= 4 is 22.8 Å². The number of carbonyl (C=O) groups is 1. The van der Waals surface area contributed by atoms with E-state index in [2.05, 4.69) is 15.3 Å². The van der Waals surface area contributed by atoms with Crippen molar-refractivity contribution in [3.8, 4) is 17.4 Å². The number of carbonyl (C=O) groups excluding carboxylic acids is 1. The van der Waals surface area contributed by atoms with Crippen LogP contribution in [0.2, 0.25) is 0 Å². The first-order valence-electron chi connectivity index (χ1n) is 11.3. The summed E-state index contributed by atoms with van der Waals surface area (Å²) < 4.78 is 36.1. The number of cyclic esters (lactones) is 1. The van der Waals surface area contributed by atoms with Crippen molar-refractivity contribution in [2.24, 2.45) is 0 Å². The van der Waals surface area contributed by atoms with E-state index in [1.165, 1.54) is 12.0 Å². The number of aliphatic hydroxyl groups is 1. The second-order valence-corrected chi connectivity index (χ2v) is 8.20. The van der Waals surface area contributed by atoms with Gasteiger partial charge < -0.3 is 29.4 Å². The number of pyridine rings is 2. The van der Waals surface area contributed by atoms with E-state index in [1.807, 2.05) is 0 Å². The van der Waals surface area contributed by atoms with E-state index in [1.54, 1.807) is 30.3 Å². The zero-order valence-corrected chi connectivity index (χ0v) is 19.1. The summed E-state index contributed by atoms with van der Waals surface area (Å²) in [6.07, 6.45) is -0.668. The number of amides is 1. The van der Waals surface area contributed by atoms with Crippen LogP contribution < -0.4 is 24.4 Å². The first-order chi connectivity index (χ1) is 17.0. The van der Waals surface area contributed by atoms with Crippen LogP contribution in [0.4, 0.5) is 14.9 Å². The van der Waals surface area contributed by atoms with Crippen LogP contribution in [0, 0.1) is 5.82 Å². The Morgan fingerprint density at radius 3 is 2.91 bits per heavy atom. The second-order valence-electron chi connectivity index (χ2n) is 8.20. The van der Waals surface area contributed by atoms with Gasteiger partial charge in [-0.2, -0.15) is 0 Å². The van der Waals surface area contributed by atoms with Crippen molar-refractivity contribution in [2.75, 3.05) is 38.3 Å². The zero-order valence-electron chi connectivity index (χ0n) is 19.1. The average molecular weight is 484 g/mol. The average Bonchev–Trinajstić information content (AvgIpc) is 3.28. The minimum atomic E-state index is -0.897. The van der Waals surface area contributed by atoms with Crippen LogP contribution in [-0.4, -0.2) is 66.8 Å². The van der Waals surface area contributed by atoms with Crippen LogP contribution in [-0.2, 0) is 11.3 Å². The molecule has 0 saturated carbocycles. The lowest BCUT2D eigenvalue weighted by atomic mass is 10.1. The fourth-order valence-corrected chi connectivity index (χ4v) is 4.10. The number of hydrogen-bond acceptors (Lipinski definition) is 9. The first-order valence-corrected chi connectivity index (χ1v) is 11.3. The third-order valence-electron chi connectivity index (χ3n) is 5.97.